The van der Waals surface area contributed by atoms with Crippen LogP contribution in [0.25, 0.3) is 6.08 Å². The number of ether oxygens (including phenoxy) is 3. The summed E-state index contributed by atoms with van der Waals surface area (Å²) in [7, 11) is 4.68. The van der Waals surface area contributed by atoms with E-state index in [4.69, 9.17) is 14.2 Å². The van der Waals surface area contributed by atoms with Gasteiger partial charge in [0.25, 0.3) is 0 Å². The molecule has 7 nitrogen and oxygen atoms in total. The number of benzene rings is 2. The molecule has 1 heterocycles. The number of carbonyl (C=O) groups excluding carboxylic acids is 1. The maximum absolute atomic E-state index is 12.5. The monoisotopic (exact) mass is 449 g/mol. The van der Waals surface area contributed by atoms with E-state index < -0.39 is 0 Å². The number of nitrogens with zero attached hydrogens (tertiary/aromatic N) is 2. The number of aromatic nitrogens is 2. The normalized spacial score (nSPS) is 11.0. The summed E-state index contributed by atoms with van der Waals surface area (Å²) in [5.41, 5.74) is 6.10. The standard InChI is InChI=1S/C26H31N3O4/c1-17-7-9-20(10-8-17)16-29-19(3)22(18(2)28-29)11-12-25(30)27-15-21-13-23(31-4)26(33-6)24(14-21)32-5/h7-14H,15-16H2,1-6H3,(H,27,30)/b12-11+. The van der Waals surface area contributed by atoms with Gasteiger partial charge in [0.05, 0.1) is 33.6 Å². The highest BCUT2D eigenvalue weighted by atomic mass is 16.5. The van der Waals surface area contributed by atoms with E-state index >= 15 is 0 Å². The zero-order valence-corrected chi connectivity index (χ0v) is 20.1. The molecule has 0 bridgehead atoms. The lowest BCUT2D eigenvalue weighted by molar-refractivity contribution is -0.116. The van der Waals surface area contributed by atoms with Crippen molar-refractivity contribution in [3.8, 4) is 17.2 Å². The smallest absolute Gasteiger partial charge is 0.244 e. The number of hydrogen-bond donors (Lipinski definition) is 1. The van der Waals surface area contributed by atoms with E-state index in [-0.39, 0.29) is 5.91 Å². The Morgan fingerprint density at radius 2 is 1.61 bits per heavy atom. The summed E-state index contributed by atoms with van der Waals surface area (Å²) in [6, 6.07) is 12.0. The van der Waals surface area contributed by atoms with Crippen molar-refractivity contribution in [3.63, 3.8) is 0 Å². The van der Waals surface area contributed by atoms with Crippen LogP contribution in [0.3, 0.4) is 0 Å². The fraction of sp³-hybridized carbons (Fsp3) is 0.308. The highest BCUT2D eigenvalue weighted by molar-refractivity contribution is 5.92. The molecule has 1 amide bonds. The summed E-state index contributed by atoms with van der Waals surface area (Å²) >= 11 is 0. The van der Waals surface area contributed by atoms with Crippen molar-refractivity contribution < 1.29 is 19.0 Å². The SMILES string of the molecule is COc1cc(CNC(=O)/C=C/c2c(C)nn(Cc3ccc(C)cc3)c2C)cc(OC)c1OC. The molecule has 33 heavy (non-hydrogen) atoms. The van der Waals surface area contributed by atoms with Gasteiger partial charge < -0.3 is 19.5 Å². The average molecular weight is 450 g/mol. The second-order valence-corrected chi connectivity index (χ2v) is 7.81. The summed E-state index contributed by atoms with van der Waals surface area (Å²) in [6.45, 7) is 7.05. The molecule has 0 radical (unpaired) electrons. The first-order valence-corrected chi connectivity index (χ1v) is 10.7. The number of amides is 1. The topological polar surface area (TPSA) is 74.6 Å². The van der Waals surface area contributed by atoms with Crippen LogP contribution in [0.1, 0.15) is 33.6 Å². The van der Waals surface area contributed by atoms with Crippen LogP contribution in [0.5, 0.6) is 17.2 Å². The molecule has 0 aliphatic rings. The molecule has 1 N–H and O–H groups in total. The van der Waals surface area contributed by atoms with Crippen molar-refractivity contribution in [2.75, 3.05) is 21.3 Å². The molecule has 0 unspecified atom stereocenters. The average Bonchev–Trinajstić information content (AvgIpc) is 3.08. The molecule has 0 fully saturated rings. The molecule has 0 saturated carbocycles. The number of aryl methyl sites for hydroxylation is 2. The lowest BCUT2D eigenvalue weighted by Gasteiger charge is -2.14. The molecule has 3 rings (SSSR count). The van der Waals surface area contributed by atoms with Crippen molar-refractivity contribution in [3.05, 3.63) is 76.1 Å². The van der Waals surface area contributed by atoms with Gasteiger partial charge in [0.1, 0.15) is 0 Å². The zero-order valence-electron chi connectivity index (χ0n) is 20.1. The second kappa shape index (κ2) is 10.7. The minimum atomic E-state index is -0.200. The molecule has 0 spiro atoms. The van der Waals surface area contributed by atoms with Gasteiger partial charge in [-0.25, -0.2) is 0 Å². The van der Waals surface area contributed by atoms with Crippen LogP contribution in [0.4, 0.5) is 0 Å². The predicted molar refractivity (Wildman–Crippen MR) is 129 cm³/mol. The van der Waals surface area contributed by atoms with Gasteiger partial charge in [-0.15, -0.1) is 0 Å². The first kappa shape index (κ1) is 23.9. The number of rotatable bonds is 9. The van der Waals surface area contributed by atoms with Crippen molar-refractivity contribution in [1.29, 1.82) is 0 Å². The van der Waals surface area contributed by atoms with Crippen molar-refractivity contribution in [2.45, 2.75) is 33.9 Å². The van der Waals surface area contributed by atoms with Crippen LogP contribution < -0.4 is 19.5 Å². The van der Waals surface area contributed by atoms with Gasteiger partial charge in [-0.05, 0) is 50.1 Å². The van der Waals surface area contributed by atoms with Gasteiger partial charge in [-0.2, -0.15) is 5.10 Å². The van der Waals surface area contributed by atoms with Crippen molar-refractivity contribution >= 4 is 12.0 Å². The Kier molecular flexibility index (Phi) is 7.77. The van der Waals surface area contributed by atoms with Gasteiger partial charge in [-0.1, -0.05) is 29.8 Å². The van der Waals surface area contributed by atoms with Gasteiger partial charge in [-0.3, -0.25) is 9.48 Å². The molecular formula is C26H31N3O4. The molecule has 0 aliphatic carbocycles. The Morgan fingerprint density at radius 3 is 2.18 bits per heavy atom. The minimum Gasteiger partial charge on any atom is -0.493 e. The maximum atomic E-state index is 12.5. The predicted octanol–water partition coefficient (Wildman–Crippen LogP) is 4.21. The van der Waals surface area contributed by atoms with Crippen molar-refractivity contribution in [1.82, 2.24) is 15.1 Å². The first-order chi connectivity index (χ1) is 15.9. The van der Waals surface area contributed by atoms with Gasteiger partial charge in [0.15, 0.2) is 11.5 Å². The molecule has 7 heteroatoms. The third kappa shape index (κ3) is 5.74. The fourth-order valence-electron chi connectivity index (χ4n) is 3.62. The maximum Gasteiger partial charge on any atom is 0.244 e. The number of carbonyl (C=O) groups is 1. The Morgan fingerprint density at radius 1 is 0.970 bits per heavy atom. The Balaban J connectivity index is 1.67. The summed E-state index contributed by atoms with van der Waals surface area (Å²) in [4.78, 5) is 12.5. The molecule has 0 aliphatic heterocycles. The molecule has 3 aromatic rings. The number of nitrogens with one attached hydrogen (secondary N) is 1. The summed E-state index contributed by atoms with van der Waals surface area (Å²) in [5, 5.41) is 7.54. The van der Waals surface area contributed by atoms with Crippen molar-refractivity contribution in [2.24, 2.45) is 0 Å². The highest BCUT2D eigenvalue weighted by Gasteiger charge is 2.14. The van der Waals surface area contributed by atoms with E-state index in [1.165, 1.54) is 17.2 Å². The van der Waals surface area contributed by atoms with E-state index in [1.807, 2.05) is 36.7 Å². The van der Waals surface area contributed by atoms with E-state index in [2.05, 4.69) is 41.6 Å². The van der Waals surface area contributed by atoms with Crippen LogP contribution in [-0.2, 0) is 17.9 Å². The Hall–Kier alpha value is -3.74. The van der Waals surface area contributed by atoms with Gasteiger partial charge >= 0.3 is 0 Å². The van der Waals surface area contributed by atoms with Crippen LogP contribution in [-0.4, -0.2) is 37.0 Å². The first-order valence-electron chi connectivity index (χ1n) is 10.7. The minimum absolute atomic E-state index is 0.200. The van der Waals surface area contributed by atoms with E-state index in [0.29, 0.717) is 30.3 Å². The van der Waals surface area contributed by atoms with Crippen LogP contribution >= 0.6 is 0 Å². The molecule has 1 aromatic heterocycles. The number of hydrogen-bond acceptors (Lipinski definition) is 5. The van der Waals surface area contributed by atoms with E-state index in [1.54, 1.807) is 21.3 Å². The second-order valence-electron chi connectivity index (χ2n) is 7.81. The van der Waals surface area contributed by atoms with E-state index in [9.17, 15) is 4.79 Å². The Bertz CT molecular complexity index is 1120. The van der Waals surface area contributed by atoms with Crippen LogP contribution in [0.15, 0.2) is 42.5 Å². The molecular weight excluding hydrogens is 418 g/mol. The summed E-state index contributed by atoms with van der Waals surface area (Å²) in [5.74, 6) is 1.41. The molecule has 0 saturated heterocycles. The molecule has 2 aromatic carbocycles. The largest absolute Gasteiger partial charge is 0.493 e. The fourth-order valence-corrected chi connectivity index (χ4v) is 3.62. The van der Waals surface area contributed by atoms with E-state index in [0.717, 1.165) is 22.5 Å². The van der Waals surface area contributed by atoms with Gasteiger partial charge in [0, 0.05) is 23.9 Å². The summed E-state index contributed by atoms with van der Waals surface area (Å²) in [6.07, 6.45) is 3.35. The van der Waals surface area contributed by atoms with Crippen LogP contribution in [0, 0.1) is 20.8 Å². The molecule has 0 atom stereocenters. The lowest BCUT2D eigenvalue weighted by Crippen LogP contribution is -2.20. The van der Waals surface area contributed by atoms with Crippen LogP contribution in [0.2, 0.25) is 0 Å². The zero-order chi connectivity index (χ0) is 24.0. The number of methoxy groups -OCH3 is 3. The van der Waals surface area contributed by atoms with Gasteiger partial charge in [0.2, 0.25) is 11.7 Å². The summed E-state index contributed by atoms with van der Waals surface area (Å²) < 4.78 is 18.0. The lowest BCUT2D eigenvalue weighted by atomic mass is 10.1. The Labute approximate surface area is 195 Å². The molecule has 174 valence electrons. The highest BCUT2D eigenvalue weighted by Crippen LogP contribution is 2.38. The third-order valence-electron chi connectivity index (χ3n) is 5.48. The quantitative estimate of drug-likeness (QED) is 0.495. The third-order valence-corrected chi connectivity index (χ3v) is 5.48.